The van der Waals surface area contributed by atoms with E-state index in [0.717, 1.165) is 45.3 Å². The molecule has 2 fully saturated rings. The van der Waals surface area contributed by atoms with Crippen LogP contribution in [0.4, 0.5) is 5.69 Å². The van der Waals surface area contributed by atoms with Crippen LogP contribution in [0.5, 0.6) is 0 Å². The first-order valence-electron chi connectivity index (χ1n) is 9.73. The molecular formula is C21H26Cl2N6O2. The highest BCUT2D eigenvalue weighted by atomic mass is 35.5. The van der Waals surface area contributed by atoms with E-state index >= 15 is 0 Å². The number of nitrogens with one attached hydrogen (secondary N) is 1. The summed E-state index contributed by atoms with van der Waals surface area (Å²) in [4.78, 5) is 30.7. The molecule has 0 saturated carbocycles. The van der Waals surface area contributed by atoms with E-state index in [1.807, 2.05) is 4.90 Å². The van der Waals surface area contributed by atoms with Crippen molar-refractivity contribution in [1.82, 2.24) is 15.1 Å². The zero-order valence-electron chi connectivity index (χ0n) is 17.2. The molecular weight excluding hydrogens is 439 g/mol. The van der Waals surface area contributed by atoms with E-state index in [1.54, 1.807) is 29.3 Å². The Hall–Kier alpha value is -2.94. The molecule has 166 valence electrons. The summed E-state index contributed by atoms with van der Waals surface area (Å²) in [6.45, 7) is 2.82. The van der Waals surface area contributed by atoms with E-state index in [0.29, 0.717) is 28.7 Å². The molecule has 0 radical (unpaired) electrons. The van der Waals surface area contributed by atoms with Gasteiger partial charge in [0, 0.05) is 36.1 Å². The maximum atomic E-state index is 11.8. The summed E-state index contributed by atoms with van der Waals surface area (Å²) >= 11 is 11.5. The molecule has 10 heteroatoms. The van der Waals surface area contributed by atoms with Crippen molar-refractivity contribution in [3.8, 4) is 19.0 Å². The lowest BCUT2D eigenvalue weighted by Crippen LogP contribution is -2.43. The second-order valence-electron chi connectivity index (χ2n) is 6.72. The van der Waals surface area contributed by atoms with Gasteiger partial charge in [0.1, 0.15) is 0 Å². The summed E-state index contributed by atoms with van der Waals surface area (Å²) in [5, 5.41) is 11.3. The van der Waals surface area contributed by atoms with Crippen molar-refractivity contribution >= 4 is 46.7 Å². The van der Waals surface area contributed by atoms with Crippen molar-refractivity contribution in [2.75, 3.05) is 26.2 Å². The topological polar surface area (TPSA) is 115 Å². The van der Waals surface area contributed by atoms with Crippen LogP contribution in [0.25, 0.3) is 0 Å². The Morgan fingerprint density at radius 1 is 1.13 bits per heavy atom. The molecule has 1 aromatic carbocycles. The van der Waals surface area contributed by atoms with Crippen LogP contribution in [0.1, 0.15) is 32.1 Å². The Kier molecular flexibility index (Phi) is 11.9. The fraction of sp³-hybridized carbons (Fsp3) is 0.429. The SMILES string of the molecule is C#C.N#CNC(N)=Nc1cc(Cl)cc(Cl)c1.O=C(CN1CCCCC1=O)N1CCCC1. The number of hydrogen-bond donors (Lipinski definition) is 2. The molecule has 0 spiro atoms. The molecule has 31 heavy (non-hydrogen) atoms. The van der Waals surface area contributed by atoms with Crippen molar-refractivity contribution in [3.63, 3.8) is 0 Å². The van der Waals surface area contributed by atoms with E-state index in [1.165, 1.54) is 0 Å². The third kappa shape index (κ3) is 9.61. The number of hydrogen-bond acceptors (Lipinski definition) is 4. The Labute approximate surface area is 193 Å². The molecule has 0 bridgehead atoms. The molecule has 3 N–H and O–H groups in total. The minimum Gasteiger partial charge on any atom is -0.369 e. The first-order chi connectivity index (χ1) is 14.9. The van der Waals surface area contributed by atoms with E-state index in [-0.39, 0.29) is 17.8 Å². The van der Waals surface area contributed by atoms with Gasteiger partial charge in [0.05, 0.1) is 12.2 Å². The molecule has 2 aliphatic heterocycles. The second kappa shape index (κ2) is 14.1. The van der Waals surface area contributed by atoms with Gasteiger partial charge in [-0.05, 0) is 43.9 Å². The van der Waals surface area contributed by atoms with Gasteiger partial charge in [-0.2, -0.15) is 5.26 Å². The molecule has 2 amide bonds. The predicted octanol–water partition coefficient (Wildman–Crippen LogP) is 2.88. The number of nitrogens with zero attached hydrogens (tertiary/aromatic N) is 4. The van der Waals surface area contributed by atoms with Gasteiger partial charge in [0.25, 0.3) is 0 Å². The van der Waals surface area contributed by atoms with Crippen molar-refractivity contribution in [2.45, 2.75) is 32.1 Å². The zero-order valence-corrected chi connectivity index (χ0v) is 18.7. The normalized spacial score (nSPS) is 15.7. The number of carbonyl (C=O) groups excluding carboxylic acids is 2. The number of benzene rings is 1. The average Bonchev–Trinajstić information content (AvgIpc) is 3.26. The molecule has 3 rings (SSSR count). The number of guanidine groups is 1. The average molecular weight is 465 g/mol. The van der Waals surface area contributed by atoms with Crippen LogP contribution in [-0.4, -0.2) is 53.8 Å². The van der Waals surface area contributed by atoms with E-state index in [2.05, 4.69) is 23.2 Å². The lowest BCUT2D eigenvalue weighted by atomic mass is 10.1. The minimum absolute atomic E-state index is 0.00849. The molecule has 2 aliphatic rings. The third-order valence-corrected chi connectivity index (χ3v) is 4.92. The van der Waals surface area contributed by atoms with Gasteiger partial charge in [-0.3, -0.25) is 14.9 Å². The van der Waals surface area contributed by atoms with Crippen LogP contribution in [0.3, 0.4) is 0 Å². The number of halogens is 2. The van der Waals surface area contributed by atoms with Crippen LogP contribution >= 0.6 is 23.2 Å². The van der Waals surface area contributed by atoms with Crippen molar-refractivity contribution < 1.29 is 9.59 Å². The number of likely N-dealkylation sites (tertiary alicyclic amines) is 2. The van der Waals surface area contributed by atoms with E-state index < -0.39 is 0 Å². The Bertz CT molecular complexity index is 824. The molecule has 2 heterocycles. The summed E-state index contributed by atoms with van der Waals surface area (Å²) in [6.07, 6.45) is 14.5. The number of terminal acetylenes is 1. The van der Waals surface area contributed by atoms with Crippen LogP contribution in [0.15, 0.2) is 23.2 Å². The largest absolute Gasteiger partial charge is 0.369 e. The highest BCUT2D eigenvalue weighted by molar-refractivity contribution is 6.35. The summed E-state index contributed by atoms with van der Waals surface area (Å²) in [7, 11) is 0. The fourth-order valence-electron chi connectivity index (χ4n) is 3.09. The van der Waals surface area contributed by atoms with Gasteiger partial charge in [-0.1, -0.05) is 23.2 Å². The first kappa shape index (κ1) is 26.1. The molecule has 8 nitrogen and oxygen atoms in total. The van der Waals surface area contributed by atoms with E-state index in [9.17, 15) is 9.59 Å². The van der Waals surface area contributed by atoms with Gasteiger partial charge in [-0.25, -0.2) is 4.99 Å². The monoisotopic (exact) mass is 464 g/mol. The maximum Gasteiger partial charge on any atom is 0.242 e. The van der Waals surface area contributed by atoms with Crippen molar-refractivity contribution in [1.29, 1.82) is 5.26 Å². The van der Waals surface area contributed by atoms with E-state index in [4.69, 9.17) is 34.2 Å². The summed E-state index contributed by atoms with van der Waals surface area (Å²) in [5.41, 5.74) is 5.84. The quantitative estimate of drug-likeness (QED) is 0.234. The standard InChI is InChI=1S/C11H18N2O2.C8H6Cl2N4.C2H2/c14-10-5-1-2-8-13(10)9-11(15)12-6-3-4-7-12;9-5-1-6(10)3-7(2-5)14-8(12)13-4-11;1-2/h1-9H2;1-3H,(H3,12,13,14);1-2H. The zero-order chi connectivity index (χ0) is 23.2. The number of piperidine rings is 1. The Morgan fingerprint density at radius 3 is 2.26 bits per heavy atom. The van der Waals surface area contributed by atoms with Crippen molar-refractivity contribution in [2.24, 2.45) is 10.7 Å². The molecule has 0 unspecified atom stereocenters. The smallest absolute Gasteiger partial charge is 0.242 e. The van der Waals surface area contributed by atoms with Crippen LogP contribution < -0.4 is 11.1 Å². The number of aliphatic imine (C=N–C) groups is 1. The van der Waals surface area contributed by atoms with Crippen LogP contribution in [0.2, 0.25) is 10.0 Å². The van der Waals surface area contributed by atoms with Gasteiger partial charge < -0.3 is 15.5 Å². The van der Waals surface area contributed by atoms with Crippen molar-refractivity contribution in [3.05, 3.63) is 28.2 Å². The van der Waals surface area contributed by atoms with Gasteiger partial charge in [-0.15, -0.1) is 12.8 Å². The molecule has 0 aliphatic carbocycles. The summed E-state index contributed by atoms with van der Waals surface area (Å²) in [5.74, 6) is 0.266. The van der Waals surface area contributed by atoms with Crippen LogP contribution in [-0.2, 0) is 9.59 Å². The Balaban J connectivity index is 0.000000288. The Morgan fingerprint density at radius 2 is 1.71 bits per heavy atom. The van der Waals surface area contributed by atoms with Gasteiger partial charge in [0.15, 0.2) is 6.19 Å². The highest BCUT2D eigenvalue weighted by Gasteiger charge is 2.24. The predicted molar refractivity (Wildman–Crippen MR) is 123 cm³/mol. The summed E-state index contributed by atoms with van der Waals surface area (Å²) in [6, 6.07) is 4.74. The molecule has 2 saturated heterocycles. The van der Waals surface area contributed by atoms with Gasteiger partial charge >= 0.3 is 0 Å². The lowest BCUT2D eigenvalue weighted by molar-refractivity contribution is -0.141. The summed E-state index contributed by atoms with van der Waals surface area (Å²) < 4.78 is 0. The highest BCUT2D eigenvalue weighted by Crippen LogP contribution is 2.24. The number of nitriles is 1. The number of carbonyl (C=O) groups is 2. The van der Waals surface area contributed by atoms with Gasteiger partial charge in [0.2, 0.25) is 17.8 Å². The number of amides is 2. The fourth-order valence-corrected chi connectivity index (χ4v) is 3.60. The first-order valence-corrected chi connectivity index (χ1v) is 10.5. The third-order valence-electron chi connectivity index (χ3n) is 4.49. The maximum absolute atomic E-state index is 11.8. The number of rotatable bonds is 3. The van der Waals surface area contributed by atoms with Crippen LogP contribution in [0, 0.1) is 24.3 Å². The molecule has 1 aromatic rings. The second-order valence-corrected chi connectivity index (χ2v) is 7.59. The molecule has 0 aromatic heterocycles. The molecule has 0 atom stereocenters. The lowest BCUT2D eigenvalue weighted by Gasteiger charge is -2.28. The minimum atomic E-state index is -0.00849. The number of nitrogens with two attached hydrogens (primary N) is 1.